The molecule has 0 aliphatic heterocycles. The molecule has 0 spiro atoms. The first-order valence-electron chi connectivity index (χ1n) is 26.7. The lowest BCUT2D eigenvalue weighted by molar-refractivity contribution is 0.667. The Hall–Kier alpha value is -9.00. The third-order valence-corrected chi connectivity index (χ3v) is 15.9. The molecule has 2 N–H and O–H groups in total. The Morgan fingerprint density at radius 2 is 1.03 bits per heavy atom. The second-order valence-electron chi connectivity index (χ2n) is 20.4. The molecule has 0 unspecified atom stereocenters. The van der Waals surface area contributed by atoms with Crippen LogP contribution in [-0.4, -0.2) is 25.4 Å². The lowest BCUT2D eigenvalue weighted by atomic mass is 9.95. The van der Waals surface area contributed by atoms with Gasteiger partial charge < -0.3 is 19.4 Å². The van der Waals surface area contributed by atoms with Gasteiger partial charge in [0.2, 0.25) is 0 Å². The molecule has 75 heavy (non-hydrogen) atoms. The quantitative estimate of drug-likeness (QED) is 0.114. The summed E-state index contributed by atoms with van der Waals surface area (Å²) in [6.45, 7) is 0.462. The second kappa shape index (κ2) is 18.8. The van der Waals surface area contributed by atoms with Crippen LogP contribution in [0.1, 0.15) is 66.5 Å². The average Bonchev–Trinajstić information content (AvgIpc) is 4.14. The highest BCUT2D eigenvalue weighted by Gasteiger charge is 2.24. The van der Waals surface area contributed by atoms with Gasteiger partial charge in [-0.05, 0) is 134 Å². The van der Waals surface area contributed by atoms with Gasteiger partial charge in [-0.25, -0.2) is 4.99 Å². The molecule has 0 fully saturated rings. The summed E-state index contributed by atoms with van der Waals surface area (Å²) in [5.41, 5.74) is 27.1. The summed E-state index contributed by atoms with van der Waals surface area (Å²) in [6, 6.07) is 77.0. The molecular weight excluding hydrogens is 913 g/mol. The molecule has 0 saturated heterocycles. The molecule has 0 saturated carbocycles. The molecule has 0 bridgehead atoms. The first-order chi connectivity index (χ1) is 37.1. The topological polar surface area (TPSA) is 65.5 Å². The molecule has 6 nitrogen and oxygen atoms in total. The van der Waals surface area contributed by atoms with E-state index in [0.29, 0.717) is 18.2 Å². The Bertz CT molecular complexity index is 4200. The second-order valence-corrected chi connectivity index (χ2v) is 20.4. The van der Waals surface area contributed by atoms with Crippen molar-refractivity contribution in [2.45, 2.75) is 57.9 Å². The molecule has 3 aromatic heterocycles. The molecule has 362 valence electrons. The minimum Gasteiger partial charge on any atom is -0.383 e. The number of hydrogen-bond donors (Lipinski definition) is 1. The van der Waals surface area contributed by atoms with Crippen molar-refractivity contribution >= 4 is 71.9 Å². The molecule has 3 heterocycles. The Morgan fingerprint density at radius 1 is 0.440 bits per heavy atom. The minimum absolute atomic E-state index is 0.438. The summed E-state index contributed by atoms with van der Waals surface area (Å²) >= 11 is 0. The number of aryl methyl sites for hydroxylation is 1. The van der Waals surface area contributed by atoms with Gasteiger partial charge >= 0.3 is 0 Å². The van der Waals surface area contributed by atoms with Crippen LogP contribution in [-0.2, 0) is 19.4 Å². The van der Waals surface area contributed by atoms with Crippen LogP contribution < -0.4 is 5.73 Å². The fourth-order valence-electron chi connectivity index (χ4n) is 12.3. The number of fused-ring (bicyclic) bond motifs is 9. The standard InChI is InChI=1S/C69H56N6/c70-68(48-18-4-1-5-19-48)72-69(49-20-6-2-7-21-49)71-45-46-32-34-47(35-33-46)50-36-39-54(67(43-50)75-63-30-16-12-26-57(63)58-27-13-17-31-64(58)75)51-37-40-65-59(42-51)60-44-53(38-41-66(60)73(65)52-22-8-3-9-23-52)74-61-28-14-10-24-55(61)56-25-11-15-29-62(56)74/h1-2,4-7,10,12-14,16-22,24,26-28,30-44H,3,8-9,11,15,23,25,29,45H2,(H2,70,71,72). The summed E-state index contributed by atoms with van der Waals surface area (Å²) in [6.07, 6.45) is 11.9. The maximum Gasteiger partial charge on any atom is 0.157 e. The Kier molecular flexibility index (Phi) is 11.2. The van der Waals surface area contributed by atoms with Crippen molar-refractivity contribution in [1.29, 1.82) is 0 Å². The van der Waals surface area contributed by atoms with Gasteiger partial charge in [-0.3, -0.25) is 4.99 Å². The van der Waals surface area contributed by atoms with Crippen molar-refractivity contribution in [3.8, 4) is 33.6 Å². The van der Waals surface area contributed by atoms with E-state index in [9.17, 15) is 0 Å². The van der Waals surface area contributed by atoms with E-state index in [1.165, 1.54) is 114 Å². The maximum atomic E-state index is 6.54. The number of aliphatic imine (C=N–C) groups is 2. The van der Waals surface area contributed by atoms with Gasteiger partial charge in [-0.15, -0.1) is 0 Å². The predicted molar refractivity (Wildman–Crippen MR) is 315 cm³/mol. The summed E-state index contributed by atoms with van der Waals surface area (Å²) in [4.78, 5) is 9.88. The van der Waals surface area contributed by atoms with E-state index in [0.717, 1.165) is 59.2 Å². The molecule has 12 aromatic rings. The smallest absolute Gasteiger partial charge is 0.157 e. The molecule has 0 radical (unpaired) electrons. The summed E-state index contributed by atoms with van der Waals surface area (Å²) in [5, 5.41) is 6.45. The Balaban J connectivity index is 0.911. The number of nitrogens with two attached hydrogens (primary N) is 1. The normalized spacial score (nSPS) is 14.3. The molecular formula is C69H56N6. The zero-order valence-electron chi connectivity index (χ0n) is 42.0. The average molecular weight is 969 g/mol. The largest absolute Gasteiger partial charge is 0.383 e. The maximum absolute atomic E-state index is 6.54. The number of rotatable bonds is 9. The van der Waals surface area contributed by atoms with E-state index < -0.39 is 0 Å². The summed E-state index contributed by atoms with van der Waals surface area (Å²) in [5.74, 6) is 1.04. The van der Waals surface area contributed by atoms with Crippen molar-refractivity contribution in [3.63, 3.8) is 0 Å². The highest BCUT2D eigenvalue weighted by molar-refractivity contribution is 6.14. The first kappa shape index (κ1) is 44.7. The van der Waals surface area contributed by atoms with E-state index in [-0.39, 0.29) is 0 Å². The SMILES string of the molecule is N/C(=N\C(=N/Cc1ccc(-c2ccc(-c3ccc4c(c3)c3cc(-n5c6c(c7ccccc75)CCCC6)ccc3n4C3=CCCCC3)c(-n3c4ccccc4c4ccccc43)c2)cc1)c1ccccc1)c1ccccc1. The van der Waals surface area contributed by atoms with Gasteiger partial charge in [0.05, 0.1) is 39.8 Å². The van der Waals surface area contributed by atoms with Gasteiger partial charge in [0, 0.05) is 60.7 Å². The molecule has 0 atom stereocenters. The van der Waals surface area contributed by atoms with E-state index in [4.69, 9.17) is 15.7 Å². The molecule has 2 aliphatic carbocycles. The molecule has 2 aliphatic rings. The minimum atomic E-state index is 0.438. The van der Waals surface area contributed by atoms with Crippen molar-refractivity contribution in [2.75, 3.05) is 0 Å². The highest BCUT2D eigenvalue weighted by atomic mass is 15.0. The van der Waals surface area contributed by atoms with Crippen LogP contribution in [0.15, 0.2) is 228 Å². The van der Waals surface area contributed by atoms with Crippen LogP contribution in [0.2, 0.25) is 0 Å². The van der Waals surface area contributed by atoms with Gasteiger partial charge in [-0.1, -0.05) is 164 Å². The third-order valence-electron chi connectivity index (χ3n) is 15.9. The van der Waals surface area contributed by atoms with Gasteiger partial charge in [0.15, 0.2) is 5.84 Å². The van der Waals surface area contributed by atoms with E-state index in [2.05, 4.69) is 171 Å². The highest BCUT2D eigenvalue weighted by Crippen LogP contribution is 2.43. The van der Waals surface area contributed by atoms with E-state index >= 15 is 0 Å². The Labute approximate surface area is 437 Å². The van der Waals surface area contributed by atoms with Crippen molar-refractivity contribution in [3.05, 3.63) is 246 Å². The Morgan fingerprint density at radius 3 is 1.75 bits per heavy atom. The molecule has 14 rings (SSSR count). The van der Waals surface area contributed by atoms with E-state index in [1.807, 2.05) is 60.7 Å². The van der Waals surface area contributed by atoms with Crippen LogP contribution in [0, 0.1) is 0 Å². The van der Waals surface area contributed by atoms with Crippen molar-refractivity contribution in [1.82, 2.24) is 13.7 Å². The monoisotopic (exact) mass is 968 g/mol. The third kappa shape index (κ3) is 7.87. The molecule has 0 amide bonds. The van der Waals surface area contributed by atoms with Crippen LogP contribution in [0.25, 0.3) is 93.8 Å². The lowest BCUT2D eigenvalue weighted by Gasteiger charge is -2.18. The lowest BCUT2D eigenvalue weighted by Crippen LogP contribution is -2.16. The first-order valence-corrected chi connectivity index (χ1v) is 26.7. The van der Waals surface area contributed by atoms with Crippen LogP contribution in [0.4, 0.5) is 0 Å². The van der Waals surface area contributed by atoms with Crippen LogP contribution in [0.3, 0.4) is 0 Å². The summed E-state index contributed by atoms with van der Waals surface area (Å²) in [7, 11) is 0. The number of aromatic nitrogens is 3. The predicted octanol–water partition coefficient (Wildman–Crippen LogP) is 16.8. The van der Waals surface area contributed by atoms with Crippen LogP contribution in [0.5, 0.6) is 0 Å². The van der Waals surface area contributed by atoms with Gasteiger partial charge in [0.1, 0.15) is 5.84 Å². The molecule has 6 heteroatoms. The number of nitrogens with zero attached hydrogens (tertiary/aromatic N) is 5. The van der Waals surface area contributed by atoms with Crippen LogP contribution >= 0.6 is 0 Å². The number of para-hydroxylation sites is 3. The number of amidine groups is 2. The number of benzene rings is 9. The zero-order chi connectivity index (χ0) is 49.8. The van der Waals surface area contributed by atoms with Gasteiger partial charge in [-0.2, -0.15) is 0 Å². The summed E-state index contributed by atoms with van der Waals surface area (Å²) < 4.78 is 7.63. The molecule has 9 aromatic carbocycles. The van der Waals surface area contributed by atoms with Crippen molar-refractivity contribution < 1.29 is 0 Å². The number of hydrogen-bond acceptors (Lipinski definition) is 1. The fraction of sp³-hybridized carbons (Fsp3) is 0.130. The van der Waals surface area contributed by atoms with E-state index in [1.54, 1.807) is 0 Å². The zero-order valence-corrected chi connectivity index (χ0v) is 42.0. The fourth-order valence-corrected chi connectivity index (χ4v) is 12.3. The van der Waals surface area contributed by atoms with Crippen molar-refractivity contribution in [2.24, 2.45) is 15.7 Å². The van der Waals surface area contributed by atoms with Gasteiger partial charge in [0.25, 0.3) is 0 Å². The number of allylic oxidation sites excluding steroid dienone is 2.